The fraction of sp³-hybridized carbons (Fsp3) is 0.429. The molecule has 0 aromatic carbocycles. The number of nitrogens with zero attached hydrogens (tertiary/aromatic N) is 4. The number of carbonyl (C=O) groups excluding carboxylic acids is 1. The van der Waals surface area contributed by atoms with Gasteiger partial charge in [-0.2, -0.15) is 11.8 Å². The van der Waals surface area contributed by atoms with Crippen LogP contribution in [0, 0.1) is 0 Å². The number of hydrogen-bond donors (Lipinski definition) is 1. The third-order valence-corrected chi connectivity index (χ3v) is 3.63. The van der Waals surface area contributed by atoms with Gasteiger partial charge in [-0.1, -0.05) is 6.07 Å². The maximum atomic E-state index is 11.4. The Bertz CT molecular complexity index is 599. The normalized spacial score (nSPS) is 12.1. The molecule has 0 aliphatic carbocycles. The second-order valence-electron chi connectivity index (χ2n) is 4.67. The molecule has 0 bridgehead atoms. The van der Waals surface area contributed by atoms with Crippen molar-refractivity contribution in [2.75, 3.05) is 12.0 Å². The van der Waals surface area contributed by atoms with Gasteiger partial charge in [0.15, 0.2) is 5.82 Å². The van der Waals surface area contributed by atoms with Crippen LogP contribution in [0.15, 0.2) is 24.4 Å². The van der Waals surface area contributed by atoms with Crippen LogP contribution in [-0.4, -0.2) is 37.7 Å². The quantitative estimate of drug-likeness (QED) is 0.881. The van der Waals surface area contributed by atoms with E-state index in [1.807, 2.05) is 31.5 Å². The van der Waals surface area contributed by atoms with Crippen LogP contribution in [-0.2, 0) is 11.8 Å². The summed E-state index contributed by atoms with van der Waals surface area (Å²) in [6, 6.07) is 5.49. The summed E-state index contributed by atoms with van der Waals surface area (Å²) in [6.45, 7) is 1.52. The van der Waals surface area contributed by atoms with E-state index in [9.17, 15) is 4.79 Å². The van der Waals surface area contributed by atoms with Crippen molar-refractivity contribution in [3.8, 4) is 11.5 Å². The lowest BCUT2D eigenvalue weighted by molar-refractivity contribution is -0.119. The van der Waals surface area contributed by atoms with E-state index < -0.39 is 0 Å². The van der Waals surface area contributed by atoms with Gasteiger partial charge in [-0.25, -0.2) is 4.98 Å². The van der Waals surface area contributed by atoms with Gasteiger partial charge in [0, 0.05) is 20.2 Å². The molecule has 1 N–H and O–H groups in total. The van der Waals surface area contributed by atoms with Gasteiger partial charge < -0.3 is 5.32 Å². The Morgan fingerprint density at radius 1 is 1.48 bits per heavy atom. The smallest absolute Gasteiger partial charge is 0.217 e. The minimum Gasteiger partial charge on any atom is -0.346 e. The van der Waals surface area contributed by atoms with Gasteiger partial charge in [-0.05, 0) is 30.6 Å². The summed E-state index contributed by atoms with van der Waals surface area (Å²) in [4.78, 5) is 20.2. The van der Waals surface area contributed by atoms with E-state index in [0.29, 0.717) is 5.82 Å². The van der Waals surface area contributed by atoms with E-state index >= 15 is 0 Å². The molecule has 0 saturated carbocycles. The summed E-state index contributed by atoms with van der Waals surface area (Å²) < 4.78 is 1.71. The Morgan fingerprint density at radius 2 is 2.29 bits per heavy atom. The molecule has 2 aromatic heterocycles. The van der Waals surface area contributed by atoms with Crippen LogP contribution in [0.2, 0.25) is 0 Å². The number of aromatic nitrogens is 4. The van der Waals surface area contributed by atoms with E-state index in [2.05, 4.69) is 20.4 Å². The van der Waals surface area contributed by atoms with Crippen molar-refractivity contribution < 1.29 is 4.79 Å². The standard InChI is InChI=1S/C14H19N5OS/c1-10(20)16-12(7-9-21-3)14-17-13(18-19(14)2)11-6-4-5-8-15-11/h4-6,8,12H,7,9H2,1-3H3,(H,16,20)/t12-/m0/s1. The highest BCUT2D eigenvalue weighted by molar-refractivity contribution is 7.98. The second kappa shape index (κ2) is 7.21. The van der Waals surface area contributed by atoms with Crippen molar-refractivity contribution in [1.29, 1.82) is 0 Å². The number of thioether (sulfide) groups is 1. The van der Waals surface area contributed by atoms with Gasteiger partial charge in [0.05, 0.1) is 6.04 Å². The number of hydrogen-bond acceptors (Lipinski definition) is 5. The van der Waals surface area contributed by atoms with E-state index in [4.69, 9.17) is 0 Å². The Hall–Kier alpha value is -1.89. The van der Waals surface area contributed by atoms with Crippen molar-refractivity contribution in [2.45, 2.75) is 19.4 Å². The average molecular weight is 305 g/mol. The molecule has 21 heavy (non-hydrogen) atoms. The fourth-order valence-electron chi connectivity index (χ4n) is 2.05. The van der Waals surface area contributed by atoms with Crippen LogP contribution in [0.25, 0.3) is 11.5 Å². The number of amides is 1. The molecule has 0 spiro atoms. The SMILES string of the molecule is CSCC[C@H](NC(C)=O)c1nc(-c2ccccn2)nn1C. The lowest BCUT2D eigenvalue weighted by Crippen LogP contribution is -2.28. The van der Waals surface area contributed by atoms with Crippen molar-refractivity contribution in [2.24, 2.45) is 7.05 Å². The third kappa shape index (κ3) is 4.04. The highest BCUT2D eigenvalue weighted by Crippen LogP contribution is 2.20. The number of aryl methyl sites for hydroxylation is 1. The molecular formula is C14H19N5OS. The molecule has 2 heterocycles. The van der Waals surface area contributed by atoms with Gasteiger partial charge >= 0.3 is 0 Å². The van der Waals surface area contributed by atoms with Crippen LogP contribution in [0.5, 0.6) is 0 Å². The number of nitrogens with one attached hydrogen (secondary N) is 1. The molecule has 0 saturated heterocycles. The number of rotatable bonds is 6. The highest BCUT2D eigenvalue weighted by atomic mass is 32.2. The van der Waals surface area contributed by atoms with E-state index in [-0.39, 0.29) is 11.9 Å². The molecule has 2 aromatic rings. The first-order valence-electron chi connectivity index (χ1n) is 6.70. The molecular weight excluding hydrogens is 286 g/mol. The van der Waals surface area contributed by atoms with E-state index in [1.165, 1.54) is 6.92 Å². The first-order chi connectivity index (χ1) is 10.1. The molecule has 1 atom stereocenters. The predicted molar refractivity (Wildman–Crippen MR) is 83.8 cm³/mol. The van der Waals surface area contributed by atoms with Crippen LogP contribution < -0.4 is 5.32 Å². The van der Waals surface area contributed by atoms with Gasteiger partial charge in [-0.3, -0.25) is 14.5 Å². The second-order valence-corrected chi connectivity index (χ2v) is 5.65. The molecule has 112 valence electrons. The average Bonchev–Trinajstić information content (AvgIpc) is 2.86. The molecule has 0 fully saturated rings. The number of pyridine rings is 1. The zero-order valence-electron chi connectivity index (χ0n) is 12.4. The molecule has 0 unspecified atom stereocenters. The molecule has 6 nitrogen and oxygen atoms in total. The van der Waals surface area contributed by atoms with E-state index in [1.54, 1.807) is 22.6 Å². The molecule has 0 aliphatic heterocycles. The number of carbonyl (C=O) groups is 1. The minimum atomic E-state index is -0.134. The van der Waals surface area contributed by atoms with Gasteiger partial charge in [0.2, 0.25) is 5.91 Å². The van der Waals surface area contributed by atoms with Gasteiger partial charge in [0.1, 0.15) is 11.5 Å². The summed E-state index contributed by atoms with van der Waals surface area (Å²) >= 11 is 1.74. The zero-order valence-corrected chi connectivity index (χ0v) is 13.2. The van der Waals surface area contributed by atoms with Crippen molar-refractivity contribution in [3.63, 3.8) is 0 Å². The Morgan fingerprint density at radius 3 is 2.90 bits per heavy atom. The lowest BCUT2D eigenvalue weighted by Gasteiger charge is -2.16. The van der Waals surface area contributed by atoms with Crippen LogP contribution in [0.1, 0.15) is 25.2 Å². The maximum absolute atomic E-state index is 11.4. The van der Waals surface area contributed by atoms with Crippen molar-refractivity contribution in [3.05, 3.63) is 30.2 Å². The van der Waals surface area contributed by atoms with Crippen LogP contribution >= 0.6 is 11.8 Å². The Balaban J connectivity index is 2.28. The zero-order chi connectivity index (χ0) is 15.2. The highest BCUT2D eigenvalue weighted by Gasteiger charge is 2.20. The summed E-state index contributed by atoms with van der Waals surface area (Å²) in [5.74, 6) is 2.20. The summed E-state index contributed by atoms with van der Waals surface area (Å²) in [6.07, 6.45) is 4.57. The molecule has 1 amide bonds. The summed E-state index contributed by atoms with van der Waals surface area (Å²) in [5, 5.41) is 7.34. The Kier molecular flexibility index (Phi) is 5.32. The van der Waals surface area contributed by atoms with Gasteiger partial charge in [0.25, 0.3) is 0 Å². The van der Waals surface area contributed by atoms with Gasteiger partial charge in [-0.15, -0.1) is 5.10 Å². The fourth-order valence-corrected chi connectivity index (χ4v) is 2.52. The monoisotopic (exact) mass is 305 g/mol. The molecule has 0 radical (unpaired) electrons. The lowest BCUT2D eigenvalue weighted by atomic mass is 10.2. The van der Waals surface area contributed by atoms with Crippen molar-refractivity contribution >= 4 is 17.7 Å². The topological polar surface area (TPSA) is 72.7 Å². The van der Waals surface area contributed by atoms with Crippen molar-refractivity contribution in [1.82, 2.24) is 25.1 Å². The first-order valence-corrected chi connectivity index (χ1v) is 8.09. The molecule has 2 rings (SSSR count). The predicted octanol–water partition coefficient (Wildman–Crippen LogP) is 1.81. The summed E-state index contributed by atoms with van der Waals surface area (Å²) in [5.41, 5.74) is 0.728. The third-order valence-electron chi connectivity index (χ3n) is 2.99. The van der Waals surface area contributed by atoms with Crippen LogP contribution in [0.3, 0.4) is 0 Å². The minimum absolute atomic E-state index is 0.0662. The van der Waals surface area contributed by atoms with Crippen LogP contribution in [0.4, 0.5) is 0 Å². The summed E-state index contributed by atoms with van der Waals surface area (Å²) in [7, 11) is 1.84. The maximum Gasteiger partial charge on any atom is 0.217 e. The largest absolute Gasteiger partial charge is 0.346 e. The first kappa shape index (κ1) is 15.5. The molecule has 7 heteroatoms. The van der Waals surface area contributed by atoms with E-state index in [0.717, 1.165) is 23.7 Å². The molecule has 0 aliphatic rings. The Labute approximate surface area is 128 Å².